The van der Waals surface area contributed by atoms with Crippen molar-refractivity contribution in [1.29, 1.82) is 0 Å². The van der Waals surface area contributed by atoms with Crippen molar-refractivity contribution in [3.8, 4) is 5.75 Å². The number of fused-ring (bicyclic) bond motifs is 1. The summed E-state index contributed by atoms with van der Waals surface area (Å²) in [5, 5.41) is 0.756. The van der Waals surface area contributed by atoms with Gasteiger partial charge in [0.1, 0.15) is 5.75 Å². The molecule has 168 valence electrons. The highest BCUT2D eigenvalue weighted by Crippen LogP contribution is 2.31. The first-order valence-corrected chi connectivity index (χ1v) is 11.8. The molecule has 4 rings (SSSR count). The molecular formula is C23H25ClN4O2S2. The Bertz CT molecular complexity index is 1150. The van der Waals surface area contributed by atoms with Crippen molar-refractivity contribution in [3.05, 3.63) is 66.7 Å². The number of thioether (sulfide) groups is 1. The van der Waals surface area contributed by atoms with E-state index in [4.69, 9.17) is 9.72 Å². The van der Waals surface area contributed by atoms with Gasteiger partial charge in [0.25, 0.3) is 0 Å². The fourth-order valence-corrected chi connectivity index (χ4v) is 5.07. The van der Waals surface area contributed by atoms with Gasteiger partial charge in [-0.25, -0.2) is 9.97 Å². The fourth-order valence-electron chi connectivity index (χ4n) is 3.19. The Morgan fingerprint density at radius 3 is 2.75 bits per heavy atom. The minimum atomic E-state index is 0. The molecule has 6 nitrogen and oxygen atoms in total. The van der Waals surface area contributed by atoms with Crippen molar-refractivity contribution >= 4 is 56.8 Å². The maximum Gasteiger partial charge on any atom is 0.239 e. The molecule has 2 heterocycles. The monoisotopic (exact) mass is 488 g/mol. The summed E-state index contributed by atoms with van der Waals surface area (Å²) in [6.07, 6.45) is 6.33. The van der Waals surface area contributed by atoms with Crippen LogP contribution in [0.3, 0.4) is 0 Å². The van der Waals surface area contributed by atoms with E-state index in [2.05, 4.69) is 24.0 Å². The van der Waals surface area contributed by atoms with Crippen molar-refractivity contribution in [3.63, 3.8) is 0 Å². The van der Waals surface area contributed by atoms with Crippen LogP contribution in [0.4, 0.5) is 5.13 Å². The average molecular weight is 489 g/mol. The van der Waals surface area contributed by atoms with E-state index in [1.54, 1.807) is 31.0 Å². The largest absolute Gasteiger partial charge is 0.497 e. The molecule has 0 aliphatic rings. The third-order valence-corrected chi connectivity index (χ3v) is 6.88. The molecule has 0 spiro atoms. The second-order valence-electron chi connectivity index (χ2n) is 7.13. The van der Waals surface area contributed by atoms with E-state index in [1.165, 1.54) is 17.3 Å². The van der Waals surface area contributed by atoms with E-state index in [-0.39, 0.29) is 18.3 Å². The number of ether oxygens (including phenoxy) is 1. The van der Waals surface area contributed by atoms with Gasteiger partial charge in [-0.3, -0.25) is 9.69 Å². The van der Waals surface area contributed by atoms with Gasteiger partial charge in [-0.2, -0.15) is 0 Å². The van der Waals surface area contributed by atoms with Crippen LogP contribution in [0.25, 0.3) is 10.2 Å². The molecule has 4 aromatic rings. The summed E-state index contributed by atoms with van der Waals surface area (Å²) in [6.45, 7) is 3.48. The lowest BCUT2D eigenvalue weighted by atomic mass is 10.2. The molecule has 0 saturated carbocycles. The molecule has 0 atom stereocenters. The molecular weight excluding hydrogens is 464 g/mol. The Labute approximate surface area is 202 Å². The van der Waals surface area contributed by atoms with Crippen molar-refractivity contribution in [2.24, 2.45) is 0 Å². The van der Waals surface area contributed by atoms with Gasteiger partial charge in [-0.15, -0.1) is 24.2 Å². The number of aryl methyl sites for hydroxylation is 2. The standard InChI is InChI=1S/C23H24N4O2S2.ClH/c1-17-4-9-20-21(14-17)31-23(25-20)27(12-3-11-26-13-10-24-16-26)22(28)15-30-19-7-5-18(29-2)6-8-19;/h4-10,13-14,16H,3,11-12,15H2,1-2H3;1H. The quantitative estimate of drug-likeness (QED) is 0.293. The Hall–Kier alpha value is -2.55. The molecule has 0 bridgehead atoms. The van der Waals surface area contributed by atoms with E-state index in [0.29, 0.717) is 12.3 Å². The molecule has 0 aliphatic heterocycles. The normalized spacial score (nSPS) is 10.7. The number of methoxy groups -OCH3 is 1. The van der Waals surface area contributed by atoms with Crippen LogP contribution in [0.1, 0.15) is 12.0 Å². The molecule has 0 radical (unpaired) electrons. The number of carbonyl (C=O) groups is 1. The summed E-state index contributed by atoms with van der Waals surface area (Å²) in [7, 11) is 1.65. The van der Waals surface area contributed by atoms with Crippen LogP contribution in [0.5, 0.6) is 5.75 Å². The first kappa shape index (κ1) is 24.1. The zero-order chi connectivity index (χ0) is 21.6. The summed E-state index contributed by atoms with van der Waals surface area (Å²) in [5.41, 5.74) is 2.12. The van der Waals surface area contributed by atoms with Crippen LogP contribution in [0.15, 0.2) is 66.1 Å². The minimum Gasteiger partial charge on any atom is -0.497 e. The van der Waals surface area contributed by atoms with Crippen molar-refractivity contribution in [1.82, 2.24) is 14.5 Å². The first-order chi connectivity index (χ1) is 15.1. The van der Waals surface area contributed by atoms with E-state index in [0.717, 1.165) is 39.0 Å². The summed E-state index contributed by atoms with van der Waals surface area (Å²) < 4.78 is 8.33. The highest BCUT2D eigenvalue weighted by atomic mass is 35.5. The highest BCUT2D eigenvalue weighted by molar-refractivity contribution is 8.00. The third kappa shape index (κ3) is 6.03. The van der Waals surface area contributed by atoms with Crippen LogP contribution >= 0.6 is 35.5 Å². The van der Waals surface area contributed by atoms with Crippen LogP contribution in [-0.4, -0.2) is 39.8 Å². The number of hydrogen-bond acceptors (Lipinski definition) is 6. The maximum absolute atomic E-state index is 13.2. The van der Waals surface area contributed by atoms with E-state index in [1.807, 2.05) is 46.0 Å². The second-order valence-corrected chi connectivity index (χ2v) is 9.19. The van der Waals surface area contributed by atoms with Crippen molar-refractivity contribution in [2.45, 2.75) is 24.8 Å². The molecule has 32 heavy (non-hydrogen) atoms. The highest BCUT2D eigenvalue weighted by Gasteiger charge is 2.20. The van der Waals surface area contributed by atoms with Crippen LogP contribution in [0, 0.1) is 6.92 Å². The Morgan fingerprint density at radius 2 is 2.03 bits per heavy atom. The van der Waals surface area contributed by atoms with Crippen molar-refractivity contribution in [2.75, 3.05) is 24.3 Å². The number of rotatable bonds is 9. The number of hydrogen-bond donors (Lipinski definition) is 0. The molecule has 0 fully saturated rings. The van der Waals surface area contributed by atoms with Gasteiger partial charge in [0.2, 0.25) is 5.91 Å². The molecule has 0 unspecified atom stereocenters. The smallest absolute Gasteiger partial charge is 0.239 e. The lowest BCUT2D eigenvalue weighted by molar-refractivity contribution is -0.116. The Kier molecular flexibility index (Phi) is 8.55. The Balaban J connectivity index is 0.00000289. The second kappa shape index (κ2) is 11.4. The molecule has 2 aromatic heterocycles. The van der Waals surface area contributed by atoms with Gasteiger partial charge in [-0.05, 0) is 55.3 Å². The molecule has 2 aromatic carbocycles. The van der Waals surface area contributed by atoms with E-state index in [9.17, 15) is 4.79 Å². The maximum atomic E-state index is 13.2. The molecule has 9 heteroatoms. The zero-order valence-corrected chi connectivity index (χ0v) is 20.4. The summed E-state index contributed by atoms with van der Waals surface area (Å²) >= 11 is 3.10. The van der Waals surface area contributed by atoms with Gasteiger partial charge in [-0.1, -0.05) is 17.4 Å². The number of thiazole rings is 1. The minimum absolute atomic E-state index is 0. The predicted molar refractivity (Wildman–Crippen MR) is 135 cm³/mol. The zero-order valence-electron chi connectivity index (χ0n) is 17.9. The molecule has 0 saturated heterocycles. The van der Waals surface area contributed by atoms with Crippen LogP contribution in [0.2, 0.25) is 0 Å². The topological polar surface area (TPSA) is 60.2 Å². The van der Waals surface area contributed by atoms with Gasteiger partial charge >= 0.3 is 0 Å². The number of anilines is 1. The van der Waals surface area contributed by atoms with Crippen LogP contribution in [-0.2, 0) is 11.3 Å². The molecule has 1 amide bonds. The third-order valence-electron chi connectivity index (χ3n) is 4.84. The van der Waals surface area contributed by atoms with E-state index < -0.39 is 0 Å². The van der Waals surface area contributed by atoms with Crippen molar-refractivity contribution < 1.29 is 9.53 Å². The predicted octanol–water partition coefficient (Wildman–Crippen LogP) is 5.45. The molecule has 0 N–H and O–H groups in total. The first-order valence-electron chi connectivity index (χ1n) is 10.0. The lowest BCUT2D eigenvalue weighted by Gasteiger charge is -2.20. The molecule has 0 aliphatic carbocycles. The number of amides is 1. The van der Waals surface area contributed by atoms with Gasteiger partial charge in [0.05, 0.1) is 29.4 Å². The number of benzene rings is 2. The number of carbonyl (C=O) groups excluding carboxylic acids is 1. The summed E-state index contributed by atoms with van der Waals surface area (Å²) in [5.74, 6) is 1.22. The number of imidazole rings is 1. The van der Waals surface area contributed by atoms with Gasteiger partial charge < -0.3 is 9.30 Å². The number of aromatic nitrogens is 3. The number of nitrogens with zero attached hydrogens (tertiary/aromatic N) is 4. The van der Waals surface area contributed by atoms with Crippen LogP contribution < -0.4 is 9.64 Å². The van der Waals surface area contributed by atoms with E-state index >= 15 is 0 Å². The van der Waals surface area contributed by atoms with Gasteiger partial charge in [0, 0.05) is 30.4 Å². The Morgan fingerprint density at radius 1 is 1.22 bits per heavy atom. The van der Waals surface area contributed by atoms with Gasteiger partial charge in [0.15, 0.2) is 5.13 Å². The average Bonchev–Trinajstić information content (AvgIpc) is 3.44. The number of halogens is 1. The summed E-state index contributed by atoms with van der Waals surface area (Å²) in [4.78, 5) is 24.9. The fraction of sp³-hybridized carbons (Fsp3) is 0.261. The lowest BCUT2D eigenvalue weighted by Crippen LogP contribution is -2.33. The summed E-state index contributed by atoms with van der Waals surface area (Å²) in [6, 6.07) is 14.0. The SMILES string of the molecule is COc1ccc(SCC(=O)N(CCCn2ccnc2)c2nc3ccc(C)cc3s2)cc1.Cl.